The molecule has 1 N–H and O–H groups in total. The average Bonchev–Trinajstić information content (AvgIpc) is 3.09. The number of ether oxygens (including phenoxy) is 2. The summed E-state index contributed by atoms with van der Waals surface area (Å²) >= 11 is 0. The molecule has 1 fully saturated rings. The third kappa shape index (κ3) is 4.45. The topological polar surface area (TPSA) is 88.2 Å². The van der Waals surface area contributed by atoms with Gasteiger partial charge in [0.05, 0.1) is 14.2 Å². The van der Waals surface area contributed by atoms with Gasteiger partial charge in [0.25, 0.3) is 5.91 Å². The predicted octanol–water partition coefficient (Wildman–Crippen LogP) is 2.70. The number of hydrogen-bond donors (Lipinski definition) is 1. The summed E-state index contributed by atoms with van der Waals surface area (Å²) in [6.45, 7) is 7.44. The fraction of sp³-hybridized carbons (Fsp3) is 0.240. The Bertz CT molecular complexity index is 989. The highest BCUT2D eigenvalue weighted by atomic mass is 16.5. The molecule has 4 amide bonds. The summed E-state index contributed by atoms with van der Waals surface area (Å²) in [5, 5.41) is 2.83. The molecule has 8 heteroatoms. The van der Waals surface area contributed by atoms with Crippen molar-refractivity contribution in [3.8, 4) is 11.5 Å². The average molecular weight is 450 g/mol. The summed E-state index contributed by atoms with van der Waals surface area (Å²) in [4.78, 5) is 42.0. The Morgan fingerprint density at radius 2 is 1.39 bits per heavy atom. The largest absolute Gasteiger partial charge is 0.497 e. The zero-order valence-corrected chi connectivity index (χ0v) is 18.7. The first-order valence-corrected chi connectivity index (χ1v) is 10.3. The maximum atomic E-state index is 13.8. The van der Waals surface area contributed by atoms with E-state index in [2.05, 4.69) is 18.5 Å². The second-order valence-corrected chi connectivity index (χ2v) is 7.40. The molecule has 172 valence electrons. The molecular weight excluding hydrogens is 422 g/mol. The summed E-state index contributed by atoms with van der Waals surface area (Å²) in [5.74, 6) is 0.278. The van der Waals surface area contributed by atoms with E-state index in [0.717, 1.165) is 4.90 Å². The van der Waals surface area contributed by atoms with Crippen LogP contribution in [0.4, 0.5) is 4.79 Å². The highest BCUT2D eigenvalue weighted by molar-refractivity contribution is 6.11. The number of benzene rings is 2. The van der Waals surface area contributed by atoms with Gasteiger partial charge in [0.15, 0.2) is 5.54 Å². The molecule has 0 saturated carbocycles. The number of nitrogens with zero attached hydrogens (tertiary/aromatic N) is 2. The Morgan fingerprint density at radius 1 is 0.939 bits per heavy atom. The lowest BCUT2D eigenvalue weighted by molar-refractivity contribution is -0.138. The molecule has 0 atom stereocenters. The van der Waals surface area contributed by atoms with Crippen LogP contribution in [-0.2, 0) is 15.1 Å². The molecule has 1 heterocycles. The van der Waals surface area contributed by atoms with Gasteiger partial charge in [-0.05, 0) is 35.4 Å². The number of hydrogen-bond acceptors (Lipinski definition) is 5. The van der Waals surface area contributed by atoms with Crippen LogP contribution in [-0.4, -0.2) is 61.5 Å². The molecule has 1 aliphatic heterocycles. The number of rotatable bonds is 10. The number of methoxy groups -OCH3 is 2. The Kier molecular flexibility index (Phi) is 7.17. The summed E-state index contributed by atoms with van der Waals surface area (Å²) in [7, 11) is 3.09. The number of amides is 4. The van der Waals surface area contributed by atoms with Crippen molar-refractivity contribution in [1.82, 2.24) is 15.1 Å². The molecule has 0 radical (unpaired) electrons. The Labute approximate surface area is 193 Å². The summed E-state index contributed by atoms with van der Waals surface area (Å²) < 4.78 is 10.5. The van der Waals surface area contributed by atoms with Crippen molar-refractivity contribution in [3.05, 3.63) is 85.0 Å². The standard InChI is InChI=1S/C25H27N3O5/c1-5-15-27(16-6-2)22(29)17-28-23(30)25(26-24(28)31,18-7-11-20(32-3)12-8-18)19-9-13-21(33-4)14-10-19/h5-14H,1-2,15-17H2,3-4H3,(H,26,31). The van der Waals surface area contributed by atoms with Crippen LogP contribution in [0.3, 0.4) is 0 Å². The van der Waals surface area contributed by atoms with Crippen molar-refractivity contribution in [2.24, 2.45) is 0 Å². The zero-order chi connectivity index (χ0) is 24.0. The molecule has 1 aliphatic rings. The SMILES string of the molecule is C=CCN(CC=C)C(=O)CN1C(=O)NC(c2ccc(OC)cc2)(c2ccc(OC)cc2)C1=O. The lowest BCUT2D eigenvalue weighted by atomic mass is 9.82. The van der Waals surface area contributed by atoms with Gasteiger partial charge in [-0.3, -0.25) is 14.5 Å². The van der Waals surface area contributed by atoms with E-state index in [9.17, 15) is 14.4 Å². The van der Waals surface area contributed by atoms with E-state index in [1.54, 1.807) is 74.9 Å². The molecule has 0 unspecified atom stereocenters. The molecule has 3 rings (SSSR count). The monoisotopic (exact) mass is 449 g/mol. The van der Waals surface area contributed by atoms with Crippen molar-refractivity contribution in [2.45, 2.75) is 5.54 Å². The number of carbonyl (C=O) groups is 3. The van der Waals surface area contributed by atoms with E-state index in [4.69, 9.17) is 9.47 Å². The van der Waals surface area contributed by atoms with E-state index >= 15 is 0 Å². The van der Waals surface area contributed by atoms with Crippen LogP contribution in [0.15, 0.2) is 73.8 Å². The maximum absolute atomic E-state index is 13.8. The third-order valence-corrected chi connectivity index (χ3v) is 5.50. The number of imide groups is 1. The predicted molar refractivity (Wildman–Crippen MR) is 124 cm³/mol. The van der Waals surface area contributed by atoms with Crippen LogP contribution < -0.4 is 14.8 Å². The highest BCUT2D eigenvalue weighted by Gasteiger charge is 2.54. The smallest absolute Gasteiger partial charge is 0.326 e. The summed E-state index contributed by atoms with van der Waals surface area (Å²) in [6.07, 6.45) is 3.15. The van der Waals surface area contributed by atoms with E-state index < -0.39 is 29.9 Å². The summed E-state index contributed by atoms with van der Waals surface area (Å²) in [5.41, 5.74) is -0.427. The van der Waals surface area contributed by atoms with E-state index in [0.29, 0.717) is 22.6 Å². The van der Waals surface area contributed by atoms with Gasteiger partial charge in [0.1, 0.15) is 18.0 Å². The molecular formula is C25H27N3O5. The fourth-order valence-electron chi connectivity index (χ4n) is 3.78. The van der Waals surface area contributed by atoms with Crippen molar-refractivity contribution in [3.63, 3.8) is 0 Å². The molecule has 0 aliphatic carbocycles. The van der Waals surface area contributed by atoms with Crippen LogP contribution in [0.1, 0.15) is 11.1 Å². The molecule has 0 bridgehead atoms. The Hall–Kier alpha value is -4.07. The van der Waals surface area contributed by atoms with E-state index in [1.807, 2.05) is 0 Å². The van der Waals surface area contributed by atoms with Gasteiger partial charge in [0.2, 0.25) is 5.91 Å². The fourth-order valence-corrected chi connectivity index (χ4v) is 3.78. The van der Waals surface area contributed by atoms with Gasteiger partial charge in [-0.25, -0.2) is 4.79 Å². The summed E-state index contributed by atoms with van der Waals surface area (Å²) in [6, 6.07) is 13.1. The minimum atomic E-state index is -1.50. The Balaban J connectivity index is 2.03. The van der Waals surface area contributed by atoms with Crippen molar-refractivity contribution in [2.75, 3.05) is 33.9 Å². The van der Waals surface area contributed by atoms with Crippen LogP contribution >= 0.6 is 0 Å². The quantitative estimate of drug-likeness (QED) is 0.445. The van der Waals surface area contributed by atoms with Gasteiger partial charge >= 0.3 is 6.03 Å². The number of urea groups is 1. The van der Waals surface area contributed by atoms with Crippen LogP contribution in [0.25, 0.3) is 0 Å². The van der Waals surface area contributed by atoms with Crippen molar-refractivity contribution < 1.29 is 23.9 Å². The first-order chi connectivity index (χ1) is 15.9. The zero-order valence-electron chi connectivity index (χ0n) is 18.7. The minimum Gasteiger partial charge on any atom is -0.497 e. The molecule has 2 aromatic rings. The van der Waals surface area contributed by atoms with Gasteiger partial charge < -0.3 is 19.7 Å². The molecule has 0 spiro atoms. The molecule has 2 aromatic carbocycles. The lowest BCUT2D eigenvalue weighted by Gasteiger charge is -2.28. The maximum Gasteiger partial charge on any atom is 0.326 e. The van der Waals surface area contributed by atoms with Gasteiger partial charge in [-0.15, -0.1) is 13.2 Å². The highest BCUT2D eigenvalue weighted by Crippen LogP contribution is 2.37. The second-order valence-electron chi connectivity index (χ2n) is 7.40. The van der Waals surface area contributed by atoms with Crippen LogP contribution in [0.2, 0.25) is 0 Å². The Morgan fingerprint density at radius 3 is 1.79 bits per heavy atom. The van der Waals surface area contributed by atoms with Gasteiger partial charge in [0, 0.05) is 13.1 Å². The normalized spacial score (nSPS) is 14.4. The van der Waals surface area contributed by atoms with Crippen molar-refractivity contribution >= 4 is 17.8 Å². The molecule has 8 nitrogen and oxygen atoms in total. The first kappa shape index (κ1) is 23.6. The second kappa shape index (κ2) is 10.0. The first-order valence-electron chi connectivity index (χ1n) is 10.3. The van der Waals surface area contributed by atoms with E-state index in [-0.39, 0.29) is 13.1 Å². The third-order valence-electron chi connectivity index (χ3n) is 5.50. The molecule has 33 heavy (non-hydrogen) atoms. The van der Waals surface area contributed by atoms with Gasteiger partial charge in [-0.1, -0.05) is 36.4 Å². The lowest BCUT2D eigenvalue weighted by Crippen LogP contribution is -2.46. The van der Waals surface area contributed by atoms with E-state index in [1.165, 1.54) is 4.90 Å². The van der Waals surface area contributed by atoms with Crippen LogP contribution in [0.5, 0.6) is 11.5 Å². The number of nitrogens with one attached hydrogen (secondary N) is 1. The van der Waals surface area contributed by atoms with Gasteiger partial charge in [-0.2, -0.15) is 0 Å². The number of carbonyl (C=O) groups excluding carboxylic acids is 3. The van der Waals surface area contributed by atoms with Crippen molar-refractivity contribution in [1.29, 1.82) is 0 Å². The van der Waals surface area contributed by atoms with Crippen LogP contribution in [0, 0.1) is 0 Å². The minimum absolute atomic E-state index is 0.274. The molecule has 0 aromatic heterocycles. The molecule has 1 saturated heterocycles.